The highest BCUT2D eigenvalue weighted by Crippen LogP contribution is 2.25. The van der Waals surface area contributed by atoms with Crippen LogP contribution in [0, 0.1) is 5.82 Å². The number of anilines is 1. The zero-order valence-corrected chi connectivity index (χ0v) is 10.7. The van der Waals surface area contributed by atoms with Gasteiger partial charge in [0.1, 0.15) is 4.90 Å². The summed E-state index contributed by atoms with van der Waals surface area (Å²) in [6, 6.07) is 2.16. The average Bonchev–Trinajstić information content (AvgIpc) is 2.20. The van der Waals surface area contributed by atoms with Gasteiger partial charge in [-0.2, -0.15) is 0 Å². The number of hydrogen-bond donors (Lipinski definition) is 2. The standard InChI is InChI=1S/C10H12ClFN2O2S/c1-6(2)5-14-17(15,16)9-4-7(11)3-8(13)10(9)12/h3-4,14H,1,5,13H2,2H3. The summed E-state index contributed by atoms with van der Waals surface area (Å²) < 4.78 is 39.3. The quantitative estimate of drug-likeness (QED) is 0.653. The predicted octanol–water partition coefficient (Wildman–Crippen LogP) is 1.92. The van der Waals surface area contributed by atoms with Gasteiger partial charge in [-0.1, -0.05) is 23.8 Å². The van der Waals surface area contributed by atoms with Crippen LogP contribution in [-0.4, -0.2) is 15.0 Å². The van der Waals surface area contributed by atoms with Crippen LogP contribution < -0.4 is 10.5 Å². The molecular weight excluding hydrogens is 267 g/mol. The largest absolute Gasteiger partial charge is 0.396 e. The van der Waals surface area contributed by atoms with Gasteiger partial charge in [-0.15, -0.1) is 0 Å². The maximum Gasteiger partial charge on any atom is 0.243 e. The van der Waals surface area contributed by atoms with Gasteiger partial charge in [-0.25, -0.2) is 17.5 Å². The summed E-state index contributed by atoms with van der Waals surface area (Å²) in [4.78, 5) is -0.566. The average molecular weight is 279 g/mol. The lowest BCUT2D eigenvalue weighted by molar-refractivity contribution is 0.561. The SMILES string of the molecule is C=C(C)CNS(=O)(=O)c1cc(Cl)cc(N)c1F. The number of nitrogens with two attached hydrogens (primary N) is 1. The lowest BCUT2D eigenvalue weighted by Gasteiger charge is -2.09. The van der Waals surface area contributed by atoms with E-state index in [2.05, 4.69) is 11.3 Å². The number of nitrogen functional groups attached to an aromatic ring is 1. The molecule has 1 aromatic rings. The summed E-state index contributed by atoms with van der Waals surface area (Å²) in [7, 11) is -3.98. The molecule has 7 heteroatoms. The van der Waals surface area contributed by atoms with Crippen molar-refractivity contribution in [1.29, 1.82) is 0 Å². The highest BCUT2D eigenvalue weighted by Gasteiger charge is 2.21. The van der Waals surface area contributed by atoms with E-state index in [1.807, 2.05) is 0 Å². The molecule has 0 amide bonds. The van der Waals surface area contributed by atoms with Crippen molar-refractivity contribution in [3.05, 3.63) is 35.1 Å². The minimum absolute atomic E-state index is 0.0220. The first-order valence-electron chi connectivity index (χ1n) is 4.62. The van der Waals surface area contributed by atoms with Crippen LogP contribution in [0.5, 0.6) is 0 Å². The van der Waals surface area contributed by atoms with Crippen molar-refractivity contribution in [2.45, 2.75) is 11.8 Å². The molecule has 0 heterocycles. The third-order valence-corrected chi connectivity index (χ3v) is 3.50. The molecule has 0 fully saturated rings. The molecule has 0 aliphatic carbocycles. The number of rotatable bonds is 4. The van der Waals surface area contributed by atoms with Crippen molar-refractivity contribution in [2.24, 2.45) is 0 Å². The molecule has 3 N–H and O–H groups in total. The fourth-order valence-corrected chi connectivity index (χ4v) is 2.60. The molecule has 0 unspecified atom stereocenters. The topological polar surface area (TPSA) is 72.2 Å². The minimum Gasteiger partial charge on any atom is -0.396 e. The van der Waals surface area contributed by atoms with Crippen LogP contribution in [0.4, 0.5) is 10.1 Å². The monoisotopic (exact) mass is 278 g/mol. The second kappa shape index (κ2) is 5.03. The van der Waals surface area contributed by atoms with E-state index < -0.39 is 20.7 Å². The summed E-state index contributed by atoms with van der Waals surface area (Å²) in [6.07, 6.45) is 0. The second-order valence-electron chi connectivity index (χ2n) is 3.59. The first-order valence-corrected chi connectivity index (χ1v) is 6.48. The van der Waals surface area contributed by atoms with E-state index in [9.17, 15) is 12.8 Å². The van der Waals surface area contributed by atoms with Crippen molar-refractivity contribution in [2.75, 3.05) is 12.3 Å². The van der Waals surface area contributed by atoms with Gasteiger partial charge in [-0.3, -0.25) is 0 Å². The Hall–Kier alpha value is -1.11. The molecule has 0 aromatic heterocycles. The lowest BCUT2D eigenvalue weighted by Crippen LogP contribution is -2.26. The van der Waals surface area contributed by atoms with E-state index in [4.69, 9.17) is 17.3 Å². The van der Waals surface area contributed by atoms with Crippen molar-refractivity contribution in [1.82, 2.24) is 4.72 Å². The summed E-state index contributed by atoms with van der Waals surface area (Å²) in [6.45, 7) is 5.20. The molecule has 1 rings (SSSR count). The van der Waals surface area contributed by atoms with Crippen molar-refractivity contribution < 1.29 is 12.8 Å². The fraction of sp³-hybridized carbons (Fsp3) is 0.200. The summed E-state index contributed by atoms with van der Waals surface area (Å²) in [5, 5.41) is 0.0552. The number of benzene rings is 1. The Kier molecular flexibility index (Phi) is 4.13. The molecule has 0 spiro atoms. The van der Waals surface area contributed by atoms with E-state index >= 15 is 0 Å². The molecule has 0 aliphatic heterocycles. The maximum atomic E-state index is 13.6. The van der Waals surface area contributed by atoms with E-state index in [1.165, 1.54) is 0 Å². The van der Waals surface area contributed by atoms with Crippen molar-refractivity contribution >= 4 is 27.3 Å². The highest BCUT2D eigenvalue weighted by molar-refractivity contribution is 7.89. The molecule has 0 saturated heterocycles. The normalized spacial score (nSPS) is 11.5. The van der Waals surface area contributed by atoms with E-state index in [0.717, 1.165) is 12.1 Å². The molecule has 1 aromatic carbocycles. The first kappa shape index (κ1) is 14.0. The van der Waals surface area contributed by atoms with Crippen molar-refractivity contribution in [3.63, 3.8) is 0 Å². The van der Waals surface area contributed by atoms with Crippen LogP contribution in [0.2, 0.25) is 5.02 Å². The van der Waals surface area contributed by atoms with Gasteiger partial charge in [0.15, 0.2) is 5.82 Å². The number of sulfonamides is 1. The molecule has 4 nitrogen and oxygen atoms in total. The Morgan fingerprint density at radius 1 is 1.59 bits per heavy atom. The van der Waals surface area contributed by atoms with Gasteiger partial charge in [0.2, 0.25) is 10.0 Å². The molecular formula is C10H12ClFN2O2S. The zero-order valence-electron chi connectivity index (χ0n) is 9.13. The predicted molar refractivity (Wildman–Crippen MR) is 65.8 cm³/mol. The maximum absolute atomic E-state index is 13.6. The smallest absolute Gasteiger partial charge is 0.243 e. The van der Waals surface area contributed by atoms with Crippen LogP contribution >= 0.6 is 11.6 Å². The number of hydrogen-bond acceptors (Lipinski definition) is 3. The Bertz CT molecular complexity index is 558. The molecule has 0 radical (unpaired) electrons. The Morgan fingerprint density at radius 3 is 2.71 bits per heavy atom. The third kappa shape index (κ3) is 3.42. The van der Waals surface area contributed by atoms with Crippen molar-refractivity contribution in [3.8, 4) is 0 Å². The minimum atomic E-state index is -3.98. The van der Waals surface area contributed by atoms with Crippen LogP contribution in [0.25, 0.3) is 0 Å². The molecule has 0 aliphatic rings. The zero-order chi connectivity index (χ0) is 13.2. The van der Waals surface area contributed by atoms with Crippen LogP contribution in [0.1, 0.15) is 6.92 Å². The Morgan fingerprint density at radius 2 is 2.18 bits per heavy atom. The van der Waals surface area contributed by atoms with Crippen LogP contribution in [-0.2, 0) is 10.0 Å². The third-order valence-electron chi connectivity index (χ3n) is 1.89. The van der Waals surface area contributed by atoms with Gasteiger partial charge in [0.05, 0.1) is 5.69 Å². The van der Waals surface area contributed by atoms with E-state index in [1.54, 1.807) is 6.92 Å². The van der Waals surface area contributed by atoms with E-state index in [0.29, 0.717) is 5.57 Å². The molecule has 17 heavy (non-hydrogen) atoms. The Labute approximate surface area is 104 Å². The lowest BCUT2D eigenvalue weighted by atomic mass is 10.3. The fourth-order valence-electron chi connectivity index (χ4n) is 1.08. The number of halogens is 2. The van der Waals surface area contributed by atoms with Crippen LogP contribution in [0.3, 0.4) is 0 Å². The molecule has 0 bridgehead atoms. The molecule has 0 saturated carbocycles. The summed E-state index contributed by atoms with van der Waals surface area (Å²) in [5.41, 5.74) is 5.59. The van der Waals surface area contributed by atoms with Gasteiger partial charge in [-0.05, 0) is 19.1 Å². The second-order valence-corrected chi connectivity index (χ2v) is 5.76. The molecule has 94 valence electrons. The van der Waals surface area contributed by atoms with Gasteiger partial charge in [0, 0.05) is 11.6 Å². The number of nitrogens with one attached hydrogen (secondary N) is 1. The van der Waals surface area contributed by atoms with E-state index in [-0.39, 0.29) is 17.3 Å². The molecule has 0 atom stereocenters. The Balaban J connectivity index is 3.19. The summed E-state index contributed by atoms with van der Waals surface area (Å²) in [5.74, 6) is -1.01. The van der Waals surface area contributed by atoms with Crippen LogP contribution in [0.15, 0.2) is 29.2 Å². The first-order chi connectivity index (χ1) is 7.74. The summed E-state index contributed by atoms with van der Waals surface area (Å²) >= 11 is 5.63. The van der Waals surface area contributed by atoms with Gasteiger partial charge >= 0.3 is 0 Å². The highest BCUT2D eigenvalue weighted by atomic mass is 35.5. The van der Waals surface area contributed by atoms with Gasteiger partial charge in [0.25, 0.3) is 0 Å². The van der Waals surface area contributed by atoms with Gasteiger partial charge < -0.3 is 5.73 Å².